The lowest BCUT2D eigenvalue weighted by Gasteiger charge is -2.02. The van der Waals surface area contributed by atoms with Crippen molar-refractivity contribution < 1.29 is 9.53 Å². The van der Waals surface area contributed by atoms with Gasteiger partial charge in [-0.1, -0.05) is 24.3 Å². The van der Waals surface area contributed by atoms with E-state index in [4.69, 9.17) is 4.74 Å². The number of ether oxygens (including phenoxy) is 1. The van der Waals surface area contributed by atoms with Crippen LogP contribution in [0.3, 0.4) is 0 Å². The molecular weight excluding hydrogens is 290 g/mol. The molecule has 3 aromatic rings. The summed E-state index contributed by atoms with van der Waals surface area (Å²) in [7, 11) is 3.49. The van der Waals surface area contributed by atoms with E-state index in [1.54, 1.807) is 13.2 Å². The van der Waals surface area contributed by atoms with Gasteiger partial charge in [-0.2, -0.15) is 0 Å². The summed E-state index contributed by atoms with van der Waals surface area (Å²) >= 11 is 0. The van der Waals surface area contributed by atoms with Crippen molar-refractivity contribution in [1.82, 2.24) is 9.55 Å². The summed E-state index contributed by atoms with van der Waals surface area (Å²) in [6, 6.07) is 15.2. The van der Waals surface area contributed by atoms with Gasteiger partial charge in [0.05, 0.1) is 18.1 Å². The first kappa shape index (κ1) is 14.8. The lowest BCUT2D eigenvalue weighted by molar-refractivity contribution is -0.111. The van der Waals surface area contributed by atoms with Gasteiger partial charge in [-0.05, 0) is 35.9 Å². The average Bonchev–Trinajstić information content (AvgIpc) is 2.90. The maximum Gasteiger partial charge on any atom is 0.250 e. The lowest BCUT2D eigenvalue weighted by atomic mass is 10.2. The molecule has 1 heterocycles. The van der Waals surface area contributed by atoms with Gasteiger partial charge in [-0.25, -0.2) is 4.98 Å². The number of hydrogen-bond donors (Lipinski definition) is 1. The fourth-order valence-corrected chi connectivity index (χ4v) is 2.30. The highest BCUT2D eigenvalue weighted by atomic mass is 16.5. The van der Waals surface area contributed by atoms with Crippen molar-refractivity contribution in [2.75, 3.05) is 12.4 Å². The normalized spacial score (nSPS) is 11.0. The van der Waals surface area contributed by atoms with Gasteiger partial charge in [0, 0.05) is 13.1 Å². The molecule has 0 aliphatic heterocycles. The standard InChI is InChI=1S/C18H17N3O2/c1-21-16-6-4-3-5-15(16)19-18(21)20-17(22)12-9-13-7-10-14(23-2)11-8-13/h3-12H,1-2H3,(H,19,20,22)/b12-9+. The quantitative estimate of drug-likeness (QED) is 0.753. The molecule has 5 nitrogen and oxygen atoms in total. The van der Waals surface area contributed by atoms with E-state index < -0.39 is 0 Å². The first-order valence-electron chi connectivity index (χ1n) is 7.22. The van der Waals surface area contributed by atoms with Crippen molar-refractivity contribution in [3.8, 4) is 5.75 Å². The summed E-state index contributed by atoms with van der Waals surface area (Å²) < 4.78 is 6.96. The Morgan fingerprint density at radius 3 is 2.61 bits per heavy atom. The largest absolute Gasteiger partial charge is 0.497 e. The number of anilines is 1. The molecule has 3 rings (SSSR count). The van der Waals surface area contributed by atoms with Crippen LogP contribution in [0.25, 0.3) is 17.1 Å². The number of hydrogen-bond acceptors (Lipinski definition) is 3. The van der Waals surface area contributed by atoms with Gasteiger partial charge in [0.1, 0.15) is 5.75 Å². The van der Waals surface area contributed by atoms with E-state index in [0.717, 1.165) is 22.3 Å². The van der Waals surface area contributed by atoms with Crippen molar-refractivity contribution in [1.29, 1.82) is 0 Å². The van der Waals surface area contributed by atoms with Crippen molar-refractivity contribution in [3.05, 3.63) is 60.2 Å². The Labute approximate surface area is 134 Å². The maximum absolute atomic E-state index is 12.1. The third-order valence-corrected chi connectivity index (χ3v) is 3.57. The first-order valence-corrected chi connectivity index (χ1v) is 7.22. The average molecular weight is 307 g/mol. The number of methoxy groups -OCH3 is 1. The molecule has 0 atom stereocenters. The van der Waals surface area contributed by atoms with Crippen molar-refractivity contribution in [2.24, 2.45) is 7.05 Å². The molecular formula is C18H17N3O2. The second-order valence-electron chi connectivity index (χ2n) is 5.08. The Morgan fingerprint density at radius 1 is 1.17 bits per heavy atom. The molecule has 0 bridgehead atoms. The van der Waals surface area contributed by atoms with Crippen LogP contribution in [-0.4, -0.2) is 22.6 Å². The Hall–Kier alpha value is -3.08. The molecule has 2 aromatic carbocycles. The molecule has 0 radical (unpaired) electrons. The van der Waals surface area contributed by atoms with Gasteiger partial charge < -0.3 is 9.30 Å². The maximum atomic E-state index is 12.1. The second kappa shape index (κ2) is 6.36. The second-order valence-corrected chi connectivity index (χ2v) is 5.08. The molecule has 0 fully saturated rings. The van der Waals surface area contributed by atoms with E-state index >= 15 is 0 Å². The molecule has 0 aliphatic rings. The zero-order valence-electron chi connectivity index (χ0n) is 13.0. The minimum atomic E-state index is -0.223. The van der Waals surface area contributed by atoms with Crippen molar-refractivity contribution in [3.63, 3.8) is 0 Å². The third-order valence-electron chi connectivity index (χ3n) is 3.57. The molecule has 1 aromatic heterocycles. The highest BCUT2D eigenvalue weighted by Gasteiger charge is 2.08. The van der Waals surface area contributed by atoms with Crippen molar-refractivity contribution >= 4 is 29.0 Å². The van der Waals surface area contributed by atoms with E-state index in [1.165, 1.54) is 6.08 Å². The number of carbonyl (C=O) groups excluding carboxylic acids is 1. The summed E-state index contributed by atoms with van der Waals surface area (Å²) in [6.45, 7) is 0. The van der Waals surface area contributed by atoms with Crippen LogP contribution in [0.15, 0.2) is 54.6 Å². The van der Waals surface area contributed by atoms with Crippen LogP contribution in [0.1, 0.15) is 5.56 Å². The molecule has 23 heavy (non-hydrogen) atoms. The van der Waals surface area contributed by atoms with E-state index in [0.29, 0.717) is 5.95 Å². The molecule has 0 aliphatic carbocycles. The van der Waals surface area contributed by atoms with Gasteiger partial charge in [0.25, 0.3) is 5.91 Å². The minimum Gasteiger partial charge on any atom is -0.497 e. The SMILES string of the molecule is COc1ccc(/C=C/C(=O)Nc2nc3ccccc3n2C)cc1. The van der Waals surface area contributed by atoms with Gasteiger partial charge >= 0.3 is 0 Å². The molecule has 0 spiro atoms. The predicted molar refractivity (Wildman–Crippen MR) is 91.4 cm³/mol. The Morgan fingerprint density at radius 2 is 1.91 bits per heavy atom. The number of nitrogens with zero attached hydrogens (tertiary/aromatic N) is 2. The van der Waals surface area contributed by atoms with E-state index in [2.05, 4.69) is 10.3 Å². The summed E-state index contributed by atoms with van der Waals surface area (Å²) in [5.41, 5.74) is 2.75. The number of carbonyl (C=O) groups is 1. The van der Waals surface area contributed by atoms with Crippen molar-refractivity contribution in [2.45, 2.75) is 0 Å². The number of fused-ring (bicyclic) bond motifs is 1. The minimum absolute atomic E-state index is 0.223. The molecule has 5 heteroatoms. The van der Waals surface area contributed by atoms with Gasteiger partial charge in [0.15, 0.2) is 0 Å². The summed E-state index contributed by atoms with van der Waals surface area (Å²) in [6.07, 6.45) is 3.23. The molecule has 0 unspecified atom stereocenters. The molecule has 1 amide bonds. The summed E-state index contributed by atoms with van der Waals surface area (Å²) in [5, 5.41) is 2.79. The number of benzene rings is 2. The third kappa shape index (κ3) is 3.23. The van der Waals surface area contributed by atoms with Crippen LogP contribution >= 0.6 is 0 Å². The van der Waals surface area contributed by atoms with E-state index in [1.807, 2.05) is 60.1 Å². The van der Waals surface area contributed by atoms with Crippen LogP contribution < -0.4 is 10.1 Å². The number of rotatable bonds is 4. The first-order chi connectivity index (χ1) is 11.2. The van der Waals surface area contributed by atoms with Crippen LogP contribution in [0.5, 0.6) is 5.75 Å². The van der Waals surface area contributed by atoms with Crippen LogP contribution in [0.4, 0.5) is 5.95 Å². The van der Waals surface area contributed by atoms with E-state index in [9.17, 15) is 4.79 Å². The molecule has 1 N–H and O–H groups in total. The highest BCUT2D eigenvalue weighted by molar-refractivity contribution is 6.01. The summed E-state index contributed by atoms with van der Waals surface area (Å²) in [4.78, 5) is 16.5. The lowest BCUT2D eigenvalue weighted by Crippen LogP contribution is -2.11. The van der Waals surface area contributed by atoms with Gasteiger partial charge in [0.2, 0.25) is 5.95 Å². The van der Waals surface area contributed by atoms with Crippen LogP contribution in [0.2, 0.25) is 0 Å². The molecule has 0 saturated carbocycles. The number of amides is 1. The summed E-state index contributed by atoms with van der Waals surface area (Å²) in [5.74, 6) is 1.08. The fourth-order valence-electron chi connectivity index (χ4n) is 2.30. The molecule has 116 valence electrons. The fraction of sp³-hybridized carbons (Fsp3) is 0.111. The number of aromatic nitrogens is 2. The highest BCUT2D eigenvalue weighted by Crippen LogP contribution is 2.17. The van der Waals surface area contributed by atoms with Gasteiger partial charge in [-0.3, -0.25) is 10.1 Å². The van der Waals surface area contributed by atoms with Crippen LogP contribution in [-0.2, 0) is 11.8 Å². The Bertz CT molecular complexity index is 864. The number of para-hydroxylation sites is 2. The monoisotopic (exact) mass is 307 g/mol. The van der Waals surface area contributed by atoms with E-state index in [-0.39, 0.29) is 5.91 Å². The Kier molecular flexibility index (Phi) is 4.10. The zero-order valence-corrected chi connectivity index (χ0v) is 13.0. The Balaban J connectivity index is 1.72. The van der Waals surface area contributed by atoms with Crippen LogP contribution in [0, 0.1) is 0 Å². The van der Waals surface area contributed by atoms with Gasteiger partial charge in [-0.15, -0.1) is 0 Å². The predicted octanol–water partition coefficient (Wildman–Crippen LogP) is 3.23. The smallest absolute Gasteiger partial charge is 0.250 e. The molecule has 0 saturated heterocycles. The number of aryl methyl sites for hydroxylation is 1. The number of nitrogens with one attached hydrogen (secondary N) is 1. The zero-order chi connectivity index (χ0) is 16.2. The number of imidazole rings is 1. The topological polar surface area (TPSA) is 56.1 Å².